The molecule has 7 heteroatoms. The van der Waals surface area contributed by atoms with E-state index in [-0.39, 0.29) is 23.8 Å². The predicted molar refractivity (Wildman–Crippen MR) is 142 cm³/mol. The van der Waals surface area contributed by atoms with Gasteiger partial charge in [-0.3, -0.25) is 14.6 Å². The highest BCUT2D eigenvalue weighted by Crippen LogP contribution is 2.49. The van der Waals surface area contributed by atoms with Crippen molar-refractivity contribution in [3.05, 3.63) is 64.9 Å². The third-order valence-corrected chi connectivity index (χ3v) is 7.40. The summed E-state index contributed by atoms with van der Waals surface area (Å²) in [5, 5.41) is 0. The molecule has 0 amide bonds. The van der Waals surface area contributed by atoms with E-state index in [1.165, 1.54) is 0 Å². The maximum absolute atomic E-state index is 13.8. The zero-order chi connectivity index (χ0) is 26.7. The molecule has 1 aliphatic heterocycles. The van der Waals surface area contributed by atoms with Crippen molar-refractivity contribution in [2.45, 2.75) is 58.0 Å². The van der Waals surface area contributed by atoms with E-state index in [1.807, 2.05) is 57.2 Å². The van der Waals surface area contributed by atoms with Crippen LogP contribution in [0.15, 0.2) is 58.7 Å². The van der Waals surface area contributed by atoms with Gasteiger partial charge in [0.05, 0.1) is 27.4 Å². The Bertz CT molecular complexity index is 1230. The van der Waals surface area contributed by atoms with E-state index in [0.717, 1.165) is 22.6 Å². The molecule has 0 saturated heterocycles. The molecule has 0 saturated carbocycles. The number of hydrogen-bond donors (Lipinski definition) is 0. The summed E-state index contributed by atoms with van der Waals surface area (Å²) >= 11 is 0. The number of Topliss-reactive ketones (excluding diaryl/α,β-unsaturated/α-hetero) is 1. The monoisotopic (exact) mass is 505 g/mol. The average molecular weight is 506 g/mol. The van der Waals surface area contributed by atoms with Crippen LogP contribution in [0.2, 0.25) is 0 Å². The van der Waals surface area contributed by atoms with Gasteiger partial charge in [0.15, 0.2) is 5.78 Å². The Balaban J connectivity index is 1.81. The van der Waals surface area contributed by atoms with Crippen LogP contribution in [0.3, 0.4) is 0 Å². The molecule has 0 radical (unpaired) electrons. The summed E-state index contributed by atoms with van der Waals surface area (Å²) < 4.78 is 22.2. The number of rotatable bonds is 8. The van der Waals surface area contributed by atoms with Gasteiger partial charge in [-0.05, 0) is 56.4 Å². The summed E-state index contributed by atoms with van der Waals surface area (Å²) in [5.41, 5.74) is 3.74. The van der Waals surface area contributed by atoms with Crippen molar-refractivity contribution in [1.82, 2.24) is 0 Å². The number of ketones is 1. The minimum absolute atomic E-state index is 0.00395. The largest absolute Gasteiger partial charge is 0.497 e. The molecule has 2 aromatic rings. The Morgan fingerprint density at radius 1 is 1.00 bits per heavy atom. The van der Waals surface area contributed by atoms with Gasteiger partial charge < -0.3 is 18.9 Å². The molecular weight excluding hydrogens is 470 g/mol. The summed E-state index contributed by atoms with van der Waals surface area (Å²) in [7, 11) is 4.79. The Hall–Kier alpha value is -3.61. The Labute approximate surface area is 218 Å². The lowest BCUT2D eigenvalue weighted by molar-refractivity contribution is -0.151. The molecule has 4 atom stereocenters. The topological polar surface area (TPSA) is 83.4 Å². The minimum atomic E-state index is -0.725. The van der Waals surface area contributed by atoms with E-state index in [2.05, 4.69) is 0 Å². The van der Waals surface area contributed by atoms with Crippen molar-refractivity contribution < 1.29 is 28.5 Å². The molecule has 0 N–H and O–H groups in total. The number of nitrogens with zero attached hydrogens (tertiary/aromatic N) is 1. The van der Waals surface area contributed by atoms with Crippen molar-refractivity contribution in [3.8, 4) is 17.2 Å². The Morgan fingerprint density at radius 3 is 2.30 bits per heavy atom. The molecule has 37 heavy (non-hydrogen) atoms. The van der Waals surface area contributed by atoms with Crippen LogP contribution in [0.25, 0.3) is 0 Å². The molecule has 7 nitrogen and oxygen atoms in total. The third-order valence-electron chi connectivity index (χ3n) is 7.40. The summed E-state index contributed by atoms with van der Waals surface area (Å²) in [6.07, 6.45) is 1.39. The SMILES string of the molecule is CC[C@@H](C)OC(=O)C1C(C)=NC2=C(C(=O)C[C@H](c3ccc(OC)cc3)C2)[C@@H]1c1ccc(OC)cc1OC. The molecule has 2 aromatic carbocycles. The number of hydrogen-bond acceptors (Lipinski definition) is 7. The van der Waals surface area contributed by atoms with E-state index < -0.39 is 11.8 Å². The smallest absolute Gasteiger partial charge is 0.315 e. The van der Waals surface area contributed by atoms with Crippen LogP contribution in [0, 0.1) is 5.92 Å². The number of carbonyl (C=O) groups excluding carboxylic acids is 2. The van der Waals surface area contributed by atoms with Crippen LogP contribution in [-0.4, -0.2) is 44.9 Å². The lowest BCUT2D eigenvalue weighted by atomic mass is 9.69. The van der Waals surface area contributed by atoms with Gasteiger partial charge in [-0.2, -0.15) is 0 Å². The maximum Gasteiger partial charge on any atom is 0.315 e. The molecular formula is C30H35NO6. The van der Waals surface area contributed by atoms with Crippen molar-refractivity contribution >= 4 is 17.5 Å². The predicted octanol–water partition coefficient (Wildman–Crippen LogP) is 5.63. The van der Waals surface area contributed by atoms with Gasteiger partial charge in [0.25, 0.3) is 0 Å². The fourth-order valence-corrected chi connectivity index (χ4v) is 5.24. The fourth-order valence-electron chi connectivity index (χ4n) is 5.24. The van der Waals surface area contributed by atoms with Crippen LogP contribution in [0.1, 0.15) is 63.0 Å². The van der Waals surface area contributed by atoms with Gasteiger partial charge in [-0.1, -0.05) is 25.1 Å². The molecule has 0 bridgehead atoms. The second-order valence-corrected chi connectivity index (χ2v) is 9.63. The molecule has 1 aliphatic carbocycles. The molecule has 1 unspecified atom stereocenters. The van der Waals surface area contributed by atoms with Gasteiger partial charge >= 0.3 is 5.97 Å². The lowest BCUT2D eigenvalue weighted by Gasteiger charge is -2.37. The van der Waals surface area contributed by atoms with Crippen molar-refractivity contribution in [3.63, 3.8) is 0 Å². The van der Waals surface area contributed by atoms with E-state index in [9.17, 15) is 9.59 Å². The highest BCUT2D eigenvalue weighted by Gasteiger charge is 2.46. The van der Waals surface area contributed by atoms with E-state index in [0.29, 0.717) is 42.0 Å². The van der Waals surface area contributed by atoms with E-state index in [1.54, 1.807) is 27.4 Å². The normalized spacial score (nSPS) is 22.1. The molecule has 2 aliphatic rings. The second-order valence-electron chi connectivity index (χ2n) is 9.63. The van der Waals surface area contributed by atoms with Crippen LogP contribution in [0.4, 0.5) is 0 Å². The number of benzene rings is 2. The molecule has 0 aromatic heterocycles. The molecule has 0 spiro atoms. The van der Waals surface area contributed by atoms with Crippen LogP contribution in [0.5, 0.6) is 17.2 Å². The average Bonchev–Trinajstić information content (AvgIpc) is 2.91. The summed E-state index contributed by atoms with van der Waals surface area (Å²) in [6.45, 7) is 5.68. The first kappa shape index (κ1) is 26.5. The zero-order valence-corrected chi connectivity index (χ0v) is 22.4. The van der Waals surface area contributed by atoms with Gasteiger partial charge in [0.2, 0.25) is 0 Å². The summed E-state index contributed by atoms with van der Waals surface area (Å²) in [6, 6.07) is 13.3. The molecule has 4 rings (SSSR count). The quantitative estimate of drug-likeness (QED) is 0.433. The number of ether oxygens (including phenoxy) is 4. The van der Waals surface area contributed by atoms with E-state index in [4.69, 9.17) is 23.9 Å². The number of aliphatic imine (C=N–C) groups is 1. The molecule has 196 valence electrons. The van der Waals surface area contributed by atoms with Crippen LogP contribution in [-0.2, 0) is 14.3 Å². The van der Waals surface area contributed by atoms with Crippen molar-refractivity contribution in [2.24, 2.45) is 10.9 Å². The van der Waals surface area contributed by atoms with E-state index >= 15 is 0 Å². The number of allylic oxidation sites excluding steroid dienone is 2. The first-order valence-electron chi connectivity index (χ1n) is 12.7. The van der Waals surface area contributed by atoms with Crippen LogP contribution >= 0.6 is 0 Å². The first-order valence-corrected chi connectivity index (χ1v) is 12.7. The second kappa shape index (κ2) is 11.2. The summed E-state index contributed by atoms with van der Waals surface area (Å²) in [5.74, 6) is 0.271. The third kappa shape index (κ3) is 5.26. The van der Waals surface area contributed by atoms with Gasteiger partial charge in [0, 0.05) is 41.0 Å². The van der Waals surface area contributed by atoms with Crippen LogP contribution < -0.4 is 14.2 Å². The minimum Gasteiger partial charge on any atom is -0.497 e. The number of carbonyl (C=O) groups is 2. The highest BCUT2D eigenvalue weighted by molar-refractivity contribution is 6.09. The standard InChI is InChI=1S/C30H35NO6/c1-7-17(2)37-30(33)27-18(3)31-24-14-20(19-8-10-21(34-4)11-9-19)15-25(32)29(24)28(27)23-13-12-22(35-5)16-26(23)36-6/h8-13,16-17,20,27-28H,7,14-15H2,1-6H3/t17-,20-,27?,28-/m1/s1. The Morgan fingerprint density at radius 2 is 1.68 bits per heavy atom. The fraction of sp³-hybridized carbons (Fsp3) is 0.433. The van der Waals surface area contributed by atoms with Gasteiger partial charge in [-0.25, -0.2) is 0 Å². The van der Waals surface area contributed by atoms with Crippen molar-refractivity contribution in [2.75, 3.05) is 21.3 Å². The Kier molecular flexibility index (Phi) is 8.00. The van der Waals surface area contributed by atoms with Crippen molar-refractivity contribution in [1.29, 1.82) is 0 Å². The summed E-state index contributed by atoms with van der Waals surface area (Å²) in [4.78, 5) is 32.2. The lowest BCUT2D eigenvalue weighted by Crippen LogP contribution is -2.39. The zero-order valence-electron chi connectivity index (χ0n) is 22.4. The van der Waals surface area contributed by atoms with Gasteiger partial charge in [-0.15, -0.1) is 0 Å². The number of esters is 1. The highest BCUT2D eigenvalue weighted by atomic mass is 16.5. The molecule has 1 heterocycles. The molecule has 0 fully saturated rings. The maximum atomic E-state index is 13.8. The van der Waals surface area contributed by atoms with Gasteiger partial charge in [0.1, 0.15) is 23.2 Å². The number of methoxy groups -OCH3 is 3. The first-order chi connectivity index (χ1) is 17.8.